The van der Waals surface area contributed by atoms with Crippen LogP contribution < -0.4 is 11.1 Å². The zero-order valence-corrected chi connectivity index (χ0v) is 19.4. The lowest BCUT2D eigenvalue weighted by Gasteiger charge is -2.57. The summed E-state index contributed by atoms with van der Waals surface area (Å²) in [5.74, 6) is 1.34. The normalized spacial score (nSPS) is 28.0. The van der Waals surface area contributed by atoms with E-state index >= 15 is 0 Å². The summed E-state index contributed by atoms with van der Waals surface area (Å²) in [7, 11) is 0. The number of carbonyl (C=O) groups is 1. The van der Waals surface area contributed by atoms with Crippen LogP contribution in [0, 0.1) is 17.3 Å². The van der Waals surface area contributed by atoms with E-state index in [1.807, 2.05) is 20.8 Å². The number of halogens is 2. The van der Waals surface area contributed by atoms with Crippen LogP contribution in [0.15, 0.2) is 0 Å². The van der Waals surface area contributed by atoms with Crippen LogP contribution in [0.25, 0.3) is 0 Å². The first-order valence-corrected chi connectivity index (χ1v) is 10.1. The summed E-state index contributed by atoms with van der Waals surface area (Å²) in [5.41, 5.74) is 5.34. The molecule has 1 saturated heterocycles. The van der Waals surface area contributed by atoms with Crippen molar-refractivity contribution in [1.29, 1.82) is 0 Å². The van der Waals surface area contributed by atoms with Gasteiger partial charge in [-0.25, -0.2) is 0 Å². The van der Waals surface area contributed by atoms with Crippen LogP contribution in [0.3, 0.4) is 0 Å². The molecule has 2 unspecified atom stereocenters. The van der Waals surface area contributed by atoms with Crippen LogP contribution in [-0.4, -0.2) is 55.2 Å². The van der Waals surface area contributed by atoms with E-state index in [4.69, 9.17) is 10.5 Å². The molecule has 1 saturated carbocycles. The minimum Gasteiger partial charge on any atom is -0.378 e. The van der Waals surface area contributed by atoms with Crippen molar-refractivity contribution in [2.75, 3.05) is 32.8 Å². The summed E-state index contributed by atoms with van der Waals surface area (Å²) in [6, 6.07) is 0. The number of hydrogen-bond donors (Lipinski definition) is 2. The molecule has 1 aliphatic carbocycles. The summed E-state index contributed by atoms with van der Waals surface area (Å²) in [4.78, 5) is 15.3. The average Bonchev–Trinajstić information content (AvgIpc) is 2.58. The molecule has 0 bridgehead atoms. The number of piperidine rings is 1. The SMILES string of the molecule is CCOC1CC(N)(C(=O)NCC2CCN(CCC(C)C)CC2)C1(C)C.Cl.Cl. The number of carbonyl (C=O) groups excluding carboxylic acids is 1. The molecule has 0 aromatic rings. The van der Waals surface area contributed by atoms with Gasteiger partial charge in [0.05, 0.1) is 6.10 Å². The van der Waals surface area contributed by atoms with Gasteiger partial charge in [-0.15, -0.1) is 24.8 Å². The Labute approximate surface area is 178 Å². The summed E-state index contributed by atoms with van der Waals surface area (Å²) >= 11 is 0. The van der Waals surface area contributed by atoms with Crippen molar-refractivity contribution in [3.63, 3.8) is 0 Å². The molecule has 3 N–H and O–H groups in total. The molecule has 2 fully saturated rings. The first kappa shape index (κ1) is 26.9. The first-order valence-electron chi connectivity index (χ1n) is 10.1. The van der Waals surface area contributed by atoms with Crippen molar-refractivity contribution >= 4 is 30.7 Å². The molecule has 162 valence electrons. The quantitative estimate of drug-likeness (QED) is 0.625. The second kappa shape index (κ2) is 11.2. The van der Waals surface area contributed by atoms with Crippen LogP contribution in [0.4, 0.5) is 0 Å². The zero-order chi connectivity index (χ0) is 18.7. The molecule has 0 radical (unpaired) electrons. The lowest BCUT2D eigenvalue weighted by Crippen LogP contribution is -2.75. The van der Waals surface area contributed by atoms with Crippen LogP contribution >= 0.6 is 24.8 Å². The largest absolute Gasteiger partial charge is 0.378 e. The number of nitrogens with one attached hydrogen (secondary N) is 1. The highest BCUT2D eigenvalue weighted by Gasteiger charge is 2.62. The number of likely N-dealkylation sites (tertiary alicyclic amines) is 1. The highest BCUT2D eigenvalue weighted by molar-refractivity contribution is 5.88. The molecule has 1 heterocycles. The Kier molecular flexibility index (Phi) is 11.2. The Morgan fingerprint density at radius 3 is 2.33 bits per heavy atom. The average molecular weight is 426 g/mol. The van der Waals surface area contributed by atoms with Gasteiger partial charge in [0.2, 0.25) is 5.91 Å². The molecule has 1 aliphatic heterocycles. The Morgan fingerprint density at radius 1 is 1.26 bits per heavy atom. The fourth-order valence-corrected chi connectivity index (χ4v) is 4.07. The van der Waals surface area contributed by atoms with Crippen LogP contribution in [0.2, 0.25) is 0 Å². The maximum Gasteiger partial charge on any atom is 0.240 e. The van der Waals surface area contributed by atoms with Crippen LogP contribution in [0.1, 0.15) is 60.3 Å². The van der Waals surface area contributed by atoms with Crippen molar-refractivity contribution in [2.24, 2.45) is 23.0 Å². The van der Waals surface area contributed by atoms with Gasteiger partial charge in [0.15, 0.2) is 0 Å². The molecule has 2 rings (SSSR count). The monoisotopic (exact) mass is 425 g/mol. The number of rotatable bonds is 8. The Bertz CT molecular complexity index is 455. The maximum absolute atomic E-state index is 12.7. The van der Waals surface area contributed by atoms with Crippen molar-refractivity contribution in [3.8, 4) is 0 Å². The highest BCUT2D eigenvalue weighted by atomic mass is 35.5. The third kappa shape index (κ3) is 6.20. The molecule has 27 heavy (non-hydrogen) atoms. The molecule has 0 aromatic carbocycles. The molecular weight excluding hydrogens is 385 g/mol. The zero-order valence-electron chi connectivity index (χ0n) is 17.8. The van der Waals surface area contributed by atoms with Gasteiger partial charge in [-0.2, -0.15) is 0 Å². The molecule has 7 heteroatoms. The van der Waals surface area contributed by atoms with Crippen LogP contribution in [0.5, 0.6) is 0 Å². The number of ether oxygens (including phenoxy) is 1. The summed E-state index contributed by atoms with van der Waals surface area (Å²) in [6.07, 6.45) is 4.31. The van der Waals surface area contributed by atoms with Crippen molar-refractivity contribution in [1.82, 2.24) is 10.2 Å². The predicted molar refractivity (Wildman–Crippen MR) is 117 cm³/mol. The van der Waals surface area contributed by atoms with Crippen molar-refractivity contribution < 1.29 is 9.53 Å². The van der Waals surface area contributed by atoms with Crippen LogP contribution in [-0.2, 0) is 9.53 Å². The number of nitrogens with two attached hydrogens (primary N) is 1. The molecular formula is C20H41Cl2N3O2. The molecule has 5 nitrogen and oxygen atoms in total. The first-order chi connectivity index (χ1) is 11.7. The smallest absolute Gasteiger partial charge is 0.240 e. The Balaban J connectivity index is 0.00000338. The number of nitrogens with zero attached hydrogens (tertiary/aromatic N) is 1. The van der Waals surface area contributed by atoms with E-state index in [1.165, 1.54) is 25.8 Å². The van der Waals surface area contributed by atoms with Gasteiger partial charge >= 0.3 is 0 Å². The standard InChI is InChI=1S/C20H39N3O2.2ClH/c1-6-25-17-13-20(21,19(17,4)5)18(24)22-14-16-8-11-23(12-9-16)10-7-15(2)3;;/h15-17H,6-14,21H2,1-5H3,(H,22,24);2*1H. The molecule has 2 atom stereocenters. The van der Waals surface area contributed by atoms with E-state index in [1.54, 1.807) is 0 Å². The highest BCUT2D eigenvalue weighted by Crippen LogP contribution is 2.49. The molecule has 0 spiro atoms. The third-order valence-electron chi connectivity index (χ3n) is 6.52. The number of amides is 1. The minimum atomic E-state index is -0.801. The van der Waals surface area contributed by atoms with E-state index in [9.17, 15) is 4.79 Å². The van der Waals surface area contributed by atoms with Gasteiger partial charge in [-0.1, -0.05) is 27.7 Å². The second-order valence-corrected chi connectivity index (χ2v) is 9.02. The minimum absolute atomic E-state index is 0. The summed E-state index contributed by atoms with van der Waals surface area (Å²) in [5, 5.41) is 3.14. The van der Waals surface area contributed by atoms with Gasteiger partial charge in [-0.05, 0) is 57.7 Å². The maximum atomic E-state index is 12.7. The third-order valence-corrected chi connectivity index (χ3v) is 6.52. The Morgan fingerprint density at radius 2 is 1.85 bits per heavy atom. The second-order valence-electron chi connectivity index (χ2n) is 9.02. The molecule has 1 amide bonds. The fourth-order valence-electron chi connectivity index (χ4n) is 4.07. The summed E-state index contributed by atoms with van der Waals surface area (Å²) in [6.45, 7) is 15.6. The van der Waals surface area contributed by atoms with Gasteiger partial charge < -0.3 is 20.7 Å². The summed E-state index contributed by atoms with van der Waals surface area (Å²) < 4.78 is 5.72. The molecule has 2 aliphatic rings. The van der Waals surface area contributed by atoms with Gasteiger partial charge in [0.1, 0.15) is 5.54 Å². The van der Waals surface area contributed by atoms with E-state index < -0.39 is 5.54 Å². The predicted octanol–water partition coefficient (Wildman–Crippen LogP) is 3.24. The molecule has 0 aromatic heterocycles. The lowest BCUT2D eigenvalue weighted by molar-refractivity contribution is -0.170. The van der Waals surface area contributed by atoms with E-state index in [-0.39, 0.29) is 42.2 Å². The van der Waals surface area contributed by atoms with Gasteiger partial charge in [-0.3, -0.25) is 4.79 Å². The Hall–Kier alpha value is -0.0700. The van der Waals surface area contributed by atoms with Crippen molar-refractivity contribution in [3.05, 3.63) is 0 Å². The number of hydrogen-bond acceptors (Lipinski definition) is 4. The van der Waals surface area contributed by atoms with Gasteiger partial charge in [0, 0.05) is 25.0 Å². The van der Waals surface area contributed by atoms with Crippen molar-refractivity contribution in [2.45, 2.75) is 71.9 Å². The topological polar surface area (TPSA) is 67.6 Å². The van der Waals surface area contributed by atoms with E-state index in [0.29, 0.717) is 18.9 Å². The van der Waals surface area contributed by atoms with E-state index in [0.717, 1.165) is 25.6 Å². The van der Waals surface area contributed by atoms with Gasteiger partial charge in [0.25, 0.3) is 0 Å². The fraction of sp³-hybridized carbons (Fsp3) is 0.950. The van der Waals surface area contributed by atoms with E-state index in [2.05, 4.69) is 24.1 Å². The lowest BCUT2D eigenvalue weighted by atomic mass is 9.54.